The van der Waals surface area contributed by atoms with Crippen LogP contribution in [0.2, 0.25) is 5.02 Å². The number of ether oxygens (including phenoxy) is 1. The fraction of sp³-hybridized carbons (Fsp3) is 0.316. The third-order valence-electron chi connectivity index (χ3n) is 4.32. The van der Waals surface area contributed by atoms with E-state index in [-0.39, 0.29) is 17.9 Å². The second-order valence-corrected chi connectivity index (χ2v) is 7.46. The molecule has 0 aliphatic carbocycles. The molecular formula is C19H20BrClN6O3. The molecule has 1 atom stereocenters. The van der Waals surface area contributed by atoms with E-state index in [1.807, 2.05) is 0 Å². The van der Waals surface area contributed by atoms with E-state index in [0.29, 0.717) is 46.7 Å². The highest BCUT2D eigenvalue weighted by Crippen LogP contribution is 2.23. The van der Waals surface area contributed by atoms with E-state index in [4.69, 9.17) is 16.3 Å². The highest BCUT2D eigenvalue weighted by molar-refractivity contribution is 9.09. The van der Waals surface area contributed by atoms with Crippen LogP contribution < -0.4 is 15.4 Å². The fourth-order valence-corrected chi connectivity index (χ4v) is 3.26. The summed E-state index contributed by atoms with van der Waals surface area (Å²) in [6.45, 7) is 1.07. The number of halogens is 2. The van der Waals surface area contributed by atoms with E-state index in [9.17, 15) is 9.59 Å². The van der Waals surface area contributed by atoms with E-state index in [2.05, 4.69) is 41.5 Å². The van der Waals surface area contributed by atoms with Crippen molar-refractivity contribution in [2.24, 2.45) is 0 Å². The number of carbonyl (C=O) groups is 2. The summed E-state index contributed by atoms with van der Waals surface area (Å²) in [6.07, 6.45) is 6.78. The molecule has 2 amide bonds. The molecule has 0 bridgehead atoms. The Kier molecular flexibility index (Phi) is 7.58. The molecule has 11 heteroatoms. The lowest BCUT2D eigenvalue weighted by Gasteiger charge is -2.17. The van der Waals surface area contributed by atoms with Crippen LogP contribution in [-0.4, -0.2) is 63.2 Å². The van der Waals surface area contributed by atoms with Crippen molar-refractivity contribution in [1.29, 1.82) is 0 Å². The summed E-state index contributed by atoms with van der Waals surface area (Å²) < 4.78 is 5.09. The number of hydrogen-bond donors (Lipinski definition) is 2. The average molecular weight is 496 g/mol. The number of anilines is 2. The highest BCUT2D eigenvalue weighted by Gasteiger charge is 2.28. The van der Waals surface area contributed by atoms with Crippen molar-refractivity contribution in [1.82, 2.24) is 19.9 Å². The Morgan fingerprint density at radius 3 is 2.90 bits per heavy atom. The average Bonchev–Trinajstić information content (AvgIpc) is 3.22. The predicted octanol–water partition coefficient (Wildman–Crippen LogP) is 2.75. The summed E-state index contributed by atoms with van der Waals surface area (Å²) >= 11 is 9.15. The lowest BCUT2D eigenvalue weighted by molar-refractivity contribution is -0.111. The number of allylic oxidation sites excluding steroid dienone is 1. The summed E-state index contributed by atoms with van der Waals surface area (Å²) in [5.74, 6) is 0.248. The van der Waals surface area contributed by atoms with Crippen LogP contribution in [0.3, 0.4) is 0 Å². The number of amides is 2. The van der Waals surface area contributed by atoms with Crippen molar-refractivity contribution in [3.8, 4) is 5.88 Å². The summed E-state index contributed by atoms with van der Waals surface area (Å²) in [5.41, 5.74) is 0.833. The van der Waals surface area contributed by atoms with Crippen molar-refractivity contribution in [3.05, 3.63) is 47.4 Å². The van der Waals surface area contributed by atoms with E-state index >= 15 is 0 Å². The lowest BCUT2D eigenvalue weighted by Crippen LogP contribution is -2.32. The molecule has 30 heavy (non-hydrogen) atoms. The van der Waals surface area contributed by atoms with Crippen LogP contribution in [0, 0.1) is 0 Å². The standard InChI is InChI=1S/C19H20BrClN6O3/c1-30-17-14(21)10-23-19(26-17)25-13-6-8-27(11-13)18(29)15-5-4-12(9-22-15)24-16(28)3-2-7-20/h2-5,9-10,13H,6-8,11H2,1H3,(H,24,28)(H,23,25,26)/b3-2+. The van der Waals surface area contributed by atoms with Gasteiger partial charge in [0, 0.05) is 30.5 Å². The molecule has 9 nitrogen and oxygen atoms in total. The topological polar surface area (TPSA) is 109 Å². The Labute approximate surface area is 187 Å². The van der Waals surface area contributed by atoms with Crippen molar-refractivity contribution in [3.63, 3.8) is 0 Å². The number of nitrogens with one attached hydrogen (secondary N) is 2. The molecule has 158 valence electrons. The number of carbonyl (C=O) groups excluding carboxylic acids is 2. The smallest absolute Gasteiger partial charge is 0.272 e. The Balaban J connectivity index is 1.56. The molecule has 0 spiro atoms. The monoisotopic (exact) mass is 494 g/mol. The fourth-order valence-electron chi connectivity index (χ4n) is 2.90. The quantitative estimate of drug-likeness (QED) is 0.449. The third kappa shape index (κ3) is 5.67. The molecule has 1 fully saturated rings. The van der Waals surface area contributed by atoms with Crippen LogP contribution in [-0.2, 0) is 4.79 Å². The SMILES string of the molecule is COc1nc(NC2CCN(C(=O)c3ccc(NC(=O)/C=C/CBr)cn3)C2)ncc1Cl. The summed E-state index contributed by atoms with van der Waals surface area (Å²) in [5, 5.41) is 6.80. The first-order chi connectivity index (χ1) is 14.5. The molecule has 3 heterocycles. The number of methoxy groups -OCH3 is 1. The van der Waals surface area contributed by atoms with Crippen LogP contribution in [0.4, 0.5) is 11.6 Å². The molecule has 2 N–H and O–H groups in total. The number of pyridine rings is 1. The predicted molar refractivity (Wildman–Crippen MR) is 117 cm³/mol. The molecule has 0 aromatic carbocycles. The highest BCUT2D eigenvalue weighted by atomic mass is 79.9. The molecule has 1 aliphatic heterocycles. The molecule has 1 saturated heterocycles. The first kappa shape index (κ1) is 22.0. The van der Waals surface area contributed by atoms with Gasteiger partial charge in [-0.1, -0.05) is 33.6 Å². The Morgan fingerprint density at radius 1 is 1.37 bits per heavy atom. The Morgan fingerprint density at radius 2 is 2.20 bits per heavy atom. The molecule has 0 radical (unpaired) electrons. The number of likely N-dealkylation sites (tertiary alicyclic amines) is 1. The van der Waals surface area contributed by atoms with Gasteiger partial charge < -0.3 is 20.3 Å². The maximum absolute atomic E-state index is 12.7. The van der Waals surface area contributed by atoms with Gasteiger partial charge in [-0.15, -0.1) is 0 Å². The second-order valence-electron chi connectivity index (χ2n) is 6.41. The number of aromatic nitrogens is 3. The zero-order valence-corrected chi connectivity index (χ0v) is 18.5. The van der Waals surface area contributed by atoms with Crippen molar-refractivity contribution < 1.29 is 14.3 Å². The zero-order chi connectivity index (χ0) is 21.5. The van der Waals surface area contributed by atoms with Gasteiger partial charge in [-0.05, 0) is 18.6 Å². The molecule has 2 aromatic heterocycles. The van der Waals surface area contributed by atoms with Gasteiger partial charge in [-0.2, -0.15) is 4.98 Å². The minimum atomic E-state index is -0.259. The minimum Gasteiger partial charge on any atom is -0.480 e. The van der Waals surface area contributed by atoms with Crippen LogP contribution in [0.15, 0.2) is 36.7 Å². The first-order valence-electron chi connectivity index (χ1n) is 9.12. The summed E-state index contributed by atoms with van der Waals surface area (Å²) in [4.78, 5) is 38.7. The van der Waals surface area contributed by atoms with Gasteiger partial charge in [0.2, 0.25) is 17.7 Å². The minimum absolute atomic E-state index is 0.000358. The van der Waals surface area contributed by atoms with Crippen molar-refractivity contribution in [2.45, 2.75) is 12.5 Å². The number of nitrogens with zero attached hydrogens (tertiary/aromatic N) is 4. The van der Waals surface area contributed by atoms with E-state index in [1.54, 1.807) is 23.1 Å². The van der Waals surface area contributed by atoms with Crippen LogP contribution in [0.25, 0.3) is 0 Å². The van der Waals surface area contributed by atoms with Gasteiger partial charge in [-0.3, -0.25) is 9.59 Å². The van der Waals surface area contributed by atoms with Crippen LogP contribution >= 0.6 is 27.5 Å². The van der Waals surface area contributed by atoms with E-state index in [1.165, 1.54) is 25.6 Å². The molecular weight excluding hydrogens is 476 g/mol. The van der Waals surface area contributed by atoms with Crippen molar-refractivity contribution in [2.75, 3.05) is 36.2 Å². The lowest BCUT2D eigenvalue weighted by atomic mass is 10.3. The molecule has 2 aromatic rings. The zero-order valence-electron chi connectivity index (χ0n) is 16.1. The van der Waals surface area contributed by atoms with Crippen LogP contribution in [0.5, 0.6) is 5.88 Å². The Hall–Kier alpha value is -2.72. The maximum atomic E-state index is 12.7. The summed E-state index contributed by atoms with van der Waals surface area (Å²) in [6, 6.07) is 3.25. The normalized spacial score (nSPS) is 16.0. The third-order valence-corrected chi connectivity index (χ3v) is 4.96. The van der Waals surface area contributed by atoms with E-state index < -0.39 is 0 Å². The first-order valence-corrected chi connectivity index (χ1v) is 10.6. The van der Waals surface area contributed by atoms with Gasteiger partial charge in [-0.25, -0.2) is 9.97 Å². The maximum Gasteiger partial charge on any atom is 0.272 e. The van der Waals surface area contributed by atoms with Gasteiger partial charge in [0.05, 0.1) is 25.2 Å². The van der Waals surface area contributed by atoms with E-state index in [0.717, 1.165) is 6.42 Å². The molecule has 3 rings (SSSR count). The van der Waals surface area contributed by atoms with Gasteiger partial charge in [0.1, 0.15) is 10.7 Å². The second kappa shape index (κ2) is 10.4. The van der Waals surface area contributed by atoms with Gasteiger partial charge >= 0.3 is 0 Å². The summed E-state index contributed by atoms with van der Waals surface area (Å²) in [7, 11) is 1.48. The van der Waals surface area contributed by atoms with Gasteiger partial charge in [0.25, 0.3) is 5.91 Å². The van der Waals surface area contributed by atoms with Gasteiger partial charge in [0.15, 0.2) is 0 Å². The molecule has 1 aliphatic rings. The van der Waals surface area contributed by atoms with Crippen molar-refractivity contribution >= 4 is 51.0 Å². The van der Waals surface area contributed by atoms with Crippen LogP contribution in [0.1, 0.15) is 16.9 Å². The number of rotatable bonds is 7. The largest absolute Gasteiger partial charge is 0.480 e. The molecule has 0 saturated carbocycles. The number of alkyl halides is 1. The number of hydrogen-bond acceptors (Lipinski definition) is 7. The molecule has 1 unspecified atom stereocenters. The Bertz CT molecular complexity index is 940.